The van der Waals surface area contributed by atoms with Crippen LogP contribution < -0.4 is 43.9 Å². The number of benzene rings is 3. The predicted molar refractivity (Wildman–Crippen MR) is 357 cm³/mol. The molecule has 3 amide bonds. The quantitative estimate of drug-likeness (QED) is 0.00233. The van der Waals surface area contributed by atoms with Crippen molar-refractivity contribution in [1.82, 2.24) is 25.5 Å². The van der Waals surface area contributed by atoms with Crippen molar-refractivity contribution in [1.29, 1.82) is 0 Å². The molecule has 1 saturated heterocycles. The van der Waals surface area contributed by atoms with E-state index >= 15 is 0 Å². The molecule has 2 aliphatic heterocycles. The zero-order valence-electron chi connectivity index (χ0n) is 53.4. The highest BCUT2D eigenvalue weighted by molar-refractivity contribution is 8.77. The van der Waals surface area contributed by atoms with Crippen molar-refractivity contribution in [2.75, 3.05) is 95.9 Å². The van der Waals surface area contributed by atoms with Crippen LogP contribution in [-0.4, -0.2) is 174 Å². The van der Waals surface area contributed by atoms with Gasteiger partial charge in [0.15, 0.2) is 11.3 Å². The van der Waals surface area contributed by atoms with Gasteiger partial charge >= 0.3 is 61.9 Å². The number of carbonyl (C=O) groups excluding carboxylic acids is 3. The topological polar surface area (TPSA) is 570 Å². The number of aromatic nitrogens is 2. The minimum absolute atomic E-state index is 0.0599. The number of carbonyl (C=O) groups is 3. The predicted octanol–water partition coefficient (Wildman–Crippen LogP) is 3.41. The lowest BCUT2D eigenvalue weighted by Gasteiger charge is -2.22. The number of ether oxygens (including phenoxy) is 6. The number of phosphoric acid groups is 1. The molecule has 0 spiro atoms. The molecule has 44 heteroatoms. The average molecular weight is 1530 g/mol. The van der Waals surface area contributed by atoms with Crippen molar-refractivity contribution in [3.05, 3.63) is 104 Å². The fraction of sp³-hybridized carbons (Fsp3) is 0.491. The molecule has 5 atom stereocenters. The van der Waals surface area contributed by atoms with Gasteiger partial charge in [-0.05, 0) is 99.9 Å². The number of azide groups is 1. The maximum absolute atomic E-state index is 13.3. The second-order valence-corrected chi connectivity index (χ2v) is 30.7. The lowest BCUT2D eigenvalue weighted by atomic mass is 9.90. The molecular formula is C55H75N11O26P3S4+. The number of anilines is 2. The fourth-order valence-electron chi connectivity index (χ4n) is 8.81. The van der Waals surface area contributed by atoms with E-state index in [1.807, 2.05) is 43.3 Å². The molecule has 0 radical (unpaired) electrons. The first-order valence-corrected chi connectivity index (χ1v) is 38.7. The van der Waals surface area contributed by atoms with Gasteiger partial charge in [-0.1, -0.05) is 44.6 Å². The van der Waals surface area contributed by atoms with Crippen LogP contribution >= 0.6 is 44.6 Å². The van der Waals surface area contributed by atoms with Crippen molar-refractivity contribution in [3.63, 3.8) is 0 Å². The van der Waals surface area contributed by atoms with Gasteiger partial charge in [0.1, 0.15) is 42.2 Å². The van der Waals surface area contributed by atoms with Crippen LogP contribution in [0.3, 0.4) is 0 Å². The van der Waals surface area contributed by atoms with Gasteiger partial charge in [-0.3, -0.25) is 33.2 Å². The van der Waals surface area contributed by atoms with E-state index in [0.717, 1.165) is 45.0 Å². The van der Waals surface area contributed by atoms with E-state index in [1.165, 1.54) is 6.20 Å². The van der Waals surface area contributed by atoms with Gasteiger partial charge in [0.2, 0.25) is 0 Å². The van der Waals surface area contributed by atoms with Crippen molar-refractivity contribution >= 4 is 106 Å². The molecule has 1 aliphatic carbocycles. The summed E-state index contributed by atoms with van der Waals surface area (Å²) >= 11 is 0. The highest BCUT2D eigenvalue weighted by atomic mass is 33.1. The molecule has 13 N–H and O–H groups in total. The molecule has 544 valence electrons. The van der Waals surface area contributed by atoms with Crippen molar-refractivity contribution in [3.8, 4) is 34.3 Å². The molecular weight excluding hydrogens is 1450 g/mol. The Morgan fingerprint density at radius 3 is 2.29 bits per heavy atom. The van der Waals surface area contributed by atoms with Crippen LogP contribution in [0.15, 0.2) is 75.1 Å². The first-order chi connectivity index (χ1) is 46.7. The summed E-state index contributed by atoms with van der Waals surface area (Å²) in [4.78, 5) is 94.8. The number of aryl methyl sites for hydroxylation is 1. The molecule has 3 aliphatic rings. The molecule has 0 bridgehead atoms. The second kappa shape index (κ2) is 42.2. The summed E-state index contributed by atoms with van der Waals surface area (Å²) in [7, 11) is -18.9. The van der Waals surface area contributed by atoms with Crippen LogP contribution in [0.4, 0.5) is 16.3 Å². The largest absolute Gasteiger partial charge is 0.479 e. The number of amides is 3. The molecule has 37 nitrogen and oxygen atoms in total. The summed E-state index contributed by atoms with van der Waals surface area (Å²) in [6, 6.07) is 16.1. The summed E-state index contributed by atoms with van der Waals surface area (Å²) in [6.45, 7) is 7.40. The maximum Gasteiger partial charge on any atom is 0.479 e. The Morgan fingerprint density at radius 2 is 1.59 bits per heavy atom. The number of fused-ring (bicyclic) bond motifs is 2. The molecule has 0 saturated carbocycles. The summed E-state index contributed by atoms with van der Waals surface area (Å²) in [6.07, 6.45) is 1.09. The zero-order chi connectivity index (χ0) is 73.3. The molecule has 1 aromatic heterocycles. The van der Waals surface area contributed by atoms with Crippen molar-refractivity contribution in [2.24, 2.45) is 5.11 Å². The normalized spacial score (nSPS) is 15.4. The van der Waals surface area contributed by atoms with Gasteiger partial charge in [0, 0.05) is 94.9 Å². The Labute approximate surface area is 576 Å². The van der Waals surface area contributed by atoms with Gasteiger partial charge < -0.3 is 79.8 Å². The Balaban J connectivity index is 0.00000246. The lowest BCUT2D eigenvalue weighted by Crippen LogP contribution is -2.44. The summed E-state index contributed by atoms with van der Waals surface area (Å²) < 4.78 is 136. The highest BCUT2D eigenvalue weighted by Crippen LogP contribution is 2.65. The summed E-state index contributed by atoms with van der Waals surface area (Å²) in [5, 5.41) is 19.0. The number of rotatable bonds is 37. The third-order valence-electron chi connectivity index (χ3n) is 13.2. The number of hydrogen-bond donors (Lipinski definition) is 10. The minimum Gasteiger partial charge on any atom is -0.466 e. The van der Waals surface area contributed by atoms with E-state index in [1.54, 1.807) is 39.8 Å². The zero-order valence-corrected chi connectivity index (χ0v) is 59.3. The maximum atomic E-state index is 13.3. The van der Waals surface area contributed by atoms with Crippen LogP contribution in [0.25, 0.3) is 43.9 Å². The average Bonchev–Trinajstić information content (AvgIpc) is 1.19. The molecule has 3 heterocycles. The van der Waals surface area contributed by atoms with Crippen LogP contribution in [0.1, 0.15) is 86.5 Å². The molecule has 6 rings (SSSR count). The first kappa shape index (κ1) is 84.3. The number of hydrogen-bond acceptors (Lipinski definition) is 28. The monoisotopic (exact) mass is 1530 g/mol. The number of phosphoric ester groups is 1. The van der Waals surface area contributed by atoms with E-state index in [2.05, 4.69) is 61.0 Å². The number of esters is 1. The Kier molecular flexibility index (Phi) is 35.9. The minimum atomic E-state index is -5.44. The number of nitrogens with one attached hydrogen (secondary N) is 3. The third-order valence-corrected chi connectivity index (χ3v) is 21.4. The summed E-state index contributed by atoms with van der Waals surface area (Å²) in [5.41, 5.74) is 25.2. The third kappa shape index (κ3) is 32.8. The van der Waals surface area contributed by atoms with Gasteiger partial charge in [0.25, 0.3) is 5.91 Å². The number of nitrogens with two attached hydrogens (primary N) is 3. The van der Waals surface area contributed by atoms with Gasteiger partial charge in [-0.15, -0.1) is 25.3 Å². The molecule has 1 fully saturated rings. The van der Waals surface area contributed by atoms with Crippen LogP contribution in [0.2, 0.25) is 0 Å². The Hall–Kier alpha value is -7.12. The number of nitrogen functional groups attached to an aromatic ring is 2. The SMILES string of the molecule is Cc1ccc(C(=O)NCCOCCOCCCC(=O)OCCC(C)(C)SSCOCCCCCNC(=O)NCC#Cc2cn([C@H]3CC(OCN=[N+]=[N-])[C@@H](COP(=O)(O)OP(=O)(O)CP(=O)(O)O)O3)c(=O)nc2N)cc1-c1c2ccc(=[NH2+])cc-2oc2cc(N)ccc12.O=S(=O)=O.O=S(=O)=O. The van der Waals surface area contributed by atoms with Crippen LogP contribution in [-0.2, 0) is 77.0 Å². The van der Waals surface area contributed by atoms with Crippen molar-refractivity contribution < 1.29 is 120 Å². The standard InChI is InChI=1S/C55H74N11O20P3S2.2O3S/c1-36-11-12-37(27-43(36)50-41-15-13-39(56)28-44(41)84-45-29-40(57)14-16-42(45)50)52(68)60-20-24-79-26-25-78-22-8-10-49(67)81-23-17-55(2,3)91-90-34-80-21-6-4-5-18-61-53(69)62-19-7-9-38-31-66(54(70)64-51(38)58)48-30-46(82-33-63-65-59)47(85-48)32-83-89(76,77)86-88(74,75)35-87(71,72)73;2*1-4(2)3/h11-16,27-29,31,46-48,56H,4-6,8,10,17-26,30,32-35,57H2,1-3H3,(H,60,68)(H,74,75)(H,76,77)(H2,58,64,70)(H2,61,62,69)(H2,71,72,73);;/p+1/t46?,47-,48-;;/m1../s1. The number of urea groups is 1. The number of unbranched alkanes of at least 4 members (excludes halogenated alkanes) is 2. The van der Waals surface area contributed by atoms with E-state index in [0.29, 0.717) is 92.7 Å². The van der Waals surface area contributed by atoms with E-state index < -0.39 is 93.6 Å². The van der Waals surface area contributed by atoms with Gasteiger partial charge in [-0.25, -0.2) is 18.5 Å². The number of nitrogens with zero attached hydrogens (tertiary/aromatic N) is 5. The summed E-state index contributed by atoms with van der Waals surface area (Å²) in [5.74, 6) is 3.95. The molecule has 2 aromatic carbocycles. The second-order valence-electron chi connectivity index (χ2n) is 21.4. The van der Waals surface area contributed by atoms with Gasteiger partial charge in [-0.2, -0.15) is 4.98 Å². The van der Waals surface area contributed by atoms with E-state index in [4.69, 9.17) is 94.8 Å². The first-order valence-electron chi connectivity index (χ1n) is 29.4. The lowest BCUT2D eigenvalue weighted by molar-refractivity contribution is -0.172. The molecule has 3 unspecified atom stereocenters. The molecule has 3 aromatic rings. The van der Waals surface area contributed by atoms with Gasteiger partial charge in [0.05, 0.1) is 57.3 Å². The van der Waals surface area contributed by atoms with Crippen LogP contribution in [0, 0.1) is 18.8 Å². The van der Waals surface area contributed by atoms with E-state index in [-0.39, 0.29) is 60.6 Å². The highest BCUT2D eigenvalue weighted by Gasteiger charge is 2.43. The fourth-order valence-corrected chi connectivity index (χ4v) is 15.4. The smallest absolute Gasteiger partial charge is 0.466 e. The van der Waals surface area contributed by atoms with Crippen molar-refractivity contribution in [2.45, 2.75) is 88.9 Å². The van der Waals surface area contributed by atoms with Crippen LogP contribution in [0.5, 0.6) is 0 Å². The Bertz CT molecular complexity index is 4130. The molecule has 99 heavy (non-hydrogen) atoms. The van der Waals surface area contributed by atoms with E-state index in [9.17, 15) is 42.7 Å². The Morgan fingerprint density at radius 1 is 0.879 bits per heavy atom.